The number of likely N-dealkylation sites (tertiary alicyclic amines) is 1. The first-order chi connectivity index (χ1) is 12.5. The smallest absolute Gasteiger partial charge is 0.319 e. The van der Waals surface area contributed by atoms with Gasteiger partial charge in [-0.25, -0.2) is 4.79 Å². The van der Waals surface area contributed by atoms with E-state index < -0.39 is 0 Å². The Morgan fingerprint density at radius 1 is 1.08 bits per heavy atom. The molecule has 1 unspecified atom stereocenters. The third-order valence-corrected chi connectivity index (χ3v) is 5.40. The minimum absolute atomic E-state index is 0.0828. The summed E-state index contributed by atoms with van der Waals surface area (Å²) in [6.07, 6.45) is 11.3. The van der Waals surface area contributed by atoms with Gasteiger partial charge >= 0.3 is 6.03 Å². The molecule has 0 aliphatic carbocycles. The zero-order valence-corrected chi connectivity index (χ0v) is 17.0. The lowest BCUT2D eigenvalue weighted by molar-refractivity contribution is -0.896. The van der Waals surface area contributed by atoms with Gasteiger partial charge in [0.1, 0.15) is 0 Å². The van der Waals surface area contributed by atoms with Crippen molar-refractivity contribution in [2.75, 3.05) is 32.5 Å². The van der Waals surface area contributed by atoms with E-state index in [9.17, 15) is 4.79 Å². The van der Waals surface area contributed by atoms with Crippen LogP contribution in [0.25, 0.3) is 0 Å². The zero-order chi connectivity index (χ0) is 18.8. The van der Waals surface area contributed by atoms with Crippen LogP contribution in [-0.4, -0.2) is 43.7 Å². The van der Waals surface area contributed by atoms with Crippen molar-refractivity contribution in [3.63, 3.8) is 0 Å². The number of anilines is 1. The van der Waals surface area contributed by atoms with Crippen molar-refractivity contribution in [1.29, 1.82) is 0 Å². The summed E-state index contributed by atoms with van der Waals surface area (Å²) in [4.78, 5) is 12.2. The van der Waals surface area contributed by atoms with Crippen molar-refractivity contribution >= 4 is 11.7 Å². The summed E-state index contributed by atoms with van der Waals surface area (Å²) in [6, 6.07) is 8.51. The molecule has 1 aliphatic heterocycles. The molecule has 0 spiro atoms. The second kappa shape index (κ2) is 10.6. The maximum absolute atomic E-state index is 12.2. The van der Waals surface area contributed by atoms with E-state index in [0.717, 1.165) is 29.6 Å². The van der Waals surface area contributed by atoms with Crippen LogP contribution in [-0.2, 0) is 6.42 Å². The lowest BCUT2D eigenvalue weighted by Gasteiger charge is -2.38. The monoisotopic (exact) mass is 360 g/mol. The van der Waals surface area contributed by atoms with Gasteiger partial charge in [0.2, 0.25) is 0 Å². The van der Waals surface area contributed by atoms with Gasteiger partial charge in [-0.15, -0.1) is 0 Å². The molecule has 0 aromatic heterocycles. The highest BCUT2D eigenvalue weighted by molar-refractivity contribution is 5.89. The number of piperidine rings is 1. The molecule has 4 heteroatoms. The molecule has 2 N–H and O–H groups in total. The lowest BCUT2D eigenvalue weighted by Crippen LogP contribution is -2.55. The van der Waals surface area contributed by atoms with Gasteiger partial charge in [-0.1, -0.05) is 51.2 Å². The summed E-state index contributed by atoms with van der Waals surface area (Å²) in [5, 5.41) is 6.11. The van der Waals surface area contributed by atoms with E-state index in [2.05, 4.69) is 43.8 Å². The van der Waals surface area contributed by atoms with Crippen molar-refractivity contribution < 1.29 is 9.28 Å². The van der Waals surface area contributed by atoms with Gasteiger partial charge in [0.05, 0.1) is 33.2 Å². The molecule has 1 fully saturated rings. The Morgan fingerprint density at radius 3 is 2.46 bits per heavy atom. The summed E-state index contributed by atoms with van der Waals surface area (Å²) < 4.78 is 0.984. The van der Waals surface area contributed by atoms with Crippen LogP contribution in [0.2, 0.25) is 0 Å². The first kappa shape index (κ1) is 20.8. The van der Waals surface area contributed by atoms with Crippen LogP contribution >= 0.6 is 0 Å². The number of hydrogen-bond donors (Lipinski definition) is 2. The predicted molar refractivity (Wildman–Crippen MR) is 111 cm³/mol. The standard InChI is InChI=1S/C22H37N3O/c1-4-5-6-7-8-9-11-19-13-15-20(16-14-19)23-22(26)24-21-12-10-17-25(2,3)18-21/h13-16,21H,4-12,17-18H2,1-3H3,(H-,23,24,26)/p+1. The number of urea groups is 1. The Morgan fingerprint density at radius 2 is 1.77 bits per heavy atom. The molecule has 2 rings (SSSR count). The molecule has 4 nitrogen and oxygen atoms in total. The summed E-state index contributed by atoms with van der Waals surface area (Å²) in [5.74, 6) is 0. The third kappa shape index (κ3) is 7.77. The first-order valence-electron chi connectivity index (χ1n) is 10.5. The third-order valence-electron chi connectivity index (χ3n) is 5.40. The van der Waals surface area contributed by atoms with E-state index in [4.69, 9.17) is 0 Å². The molecule has 146 valence electrons. The second-order valence-corrected chi connectivity index (χ2v) is 8.49. The Labute approximate surface area is 159 Å². The summed E-state index contributed by atoms with van der Waals surface area (Å²) in [5.41, 5.74) is 2.23. The number of carbonyl (C=O) groups is 1. The van der Waals surface area contributed by atoms with Crippen LogP contribution in [0, 0.1) is 0 Å². The van der Waals surface area contributed by atoms with E-state index in [1.807, 2.05) is 12.1 Å². The fourth-order valence-electron chi connectivity index (χ4n) is 3.88. The molecule has 1 atom stereocenters. The maximum Gasteiger partial charge on any atom is 0.319 e. The second-order valence-electron chi connectivity index (χ2n) is 8.49. The van der Waals surface area contributed by atoms with E-state index in [-0.39, 0.29) is 12.1 Å². The van der Waals surface area contributed by atoms with Gasteiger partial charge < -0.3 is 15.1 Å². The Kier molecular flexibility index (Phi) is 8.43. The number of quaternary nitrogens is 1. The minimum Gasteiger partial charge on any atom is -0.329 e. The number of benzene rings is 1. The van der Waals surface area contributed by atoms with Crippen LogP contribution in [0.15, 0.2) is 24.3 Å². The van der Waals surface area contributed by atoms with Crippen molar-refractivity contribution in [1.82, 2.24) is 5.32 Å². The molecule has 0 radical (unpaired) electrons. The normalized spacial score (nSPS) is 19.1. The number of unbranched alkanes of at least 4 members (excludes halogenated alkanes) is 5. The van der Waals surface area contributed by atoms with Gasteiger partial charge in [0, 0.05) is 5.69 Å². The molecule has 1 aromatic rings. The largest absolute Gasteiger partial charge is 0.329 e. The number of carbonyl (C=O) groups excluding carboxylic acids is 1. The van der Waals surface area contributed by atoms with E-state index in [1.165, 1.54) is 57.1 Å². The summed E-state index contributed by atoms with van der Waals surface area (Å²) in [6.45, 7) is 4.45. The topological polar surface area (TPSA) is 41.1 Å². The highest BCUT2D eigenvalue weighted by atomic mass is 16.2. The Bertz CT molecular complexity index is 539. The van der Waals surface area contributed by atoms with E-state index in [0.29, 0.717) is 0 Å². The minimum atomic E-state index is -0.0828. The number of amides is 2. The van der Waals surface area contributed by atoms with Crippen LogP contribution in [0.4, 0.5) is 10.5 Å². The molecule has 1 heterocycles. The average Bonchev–Trinajstić information content (AvgIpc) is 2.58. The van der Waals surface area contributed by atoms with Crippen LogP contribution < -0.4 is 10.6 Å². The number of likely N-dealkylation sites (N-methyl/N-ethyl adjacent to an activating group) is 1. The van der Waals surface area contributed by atoms with Crippen molar-refractivity contribution in [2.24, 2.45) is 0 Å². The number of aryl methyl sites for hydroxylation is 1. The van der Waals surface area contributed by atoms with Crippen LogP contribution in [0.1, 0.15) is 63.9 Å². The Balaban J connectivity index is 1.68. The van der Waals surface area contributed by atoms with Gasteiger partial charge in [-0.3, -0.25) is 0 Å². The lowest BCUT2D eigenvalue weighted by atomic mass is 10.0. The van der Waals surface area contributed by atoms with E-state index in [1.54, 1.807) is 0 Å². The zero-order valence-electron chi connectivity index (χ0n) is 17.0. The molecule has 1 saturated heterocycles. The van der Waals surface area contributed by atoms with E-state index >= 15 is 0 Å². The maximum atomic E-state index is 12.2. The van der Waals surface area contributed by atoms with Crippen LogP contribution in [0.3, 0.4) is 0 Å². The number of hydrogen-bond acceptors (Lipinski definition) is 1. The number of nitrogens with zero attached hydrogens (tertiary/aromatic N) is 1. The van der Waals surface area contributed by atoms with Crippen LogP contribution in [0.5, 0.6) is 0 Å². The number of nitrogens with one attached hydrogen (secondary N) is 2. The van der Waals surface area contributed by atoms with Crippen molar-refractivity contribution in [2.45, 2.75) is 70.8 Å². The number of rotatable bonds is 9. The molecule has 0 saturated carbocycles. The molecule has 26 heavy (non-hydrogen) atoms. The highest BCUT2D eigenvalue weighted by Gasteiger charge is 2.28. The Hall–Kier alpha value is -1.55. The molecule has 1 aromatic carbocycles. The van der Waals surface area contributed by atoms with Gasteiger partial charge in [0.15, 0.2) is 0 Å². The van der Waals surface area contributed by atoms with Crippen molar-refractivity contribution in [3.05, 3.63) is 29.8 Å². The first-order valence-corrected chi connectivity index (χ1v) is 10.5. The fraction of sp³-hybridized carbons (Fsp3) is 0.682. The molecular formula is C22H38N3O+. The quantitative estimate of drug-likeness (QED) is 0.475. The molecule has 2 amide bonds. The summed E-state index contributed by atoms with van der Waals surface area (Å²) >= 11 is 0. The molecule has 1 aliphatic rings. The SMILES string of the molecule is CCCCCCCCc1ccc(NC(=O)NC2CCC[N+](C)(C)C2)cc1. The average molecular weight is 361 g/mol. The molecular weight excluding hydrogens is 322 g/mol. The molecule has 0 bridgehead atoms. The van der Waals surface area contributed by atoms with Gasteiger partial charge in [0.25, 0.3) is 0 Å². The van der Waals surface area contributed by atoms with Crippen molar-refractivity contribution in [3.8, 4) is 0 Å². The predicted octanol–water partition coefficient (Wildman–Crippen LogP) is 4.95. The highest BCUT2D eigenvalue weighted by Crippen LogP contribution is 2.16. The van der Waals surface area contributed by atoms with Gasteiger partial charge in [-0.2, -0.15) is 0 Å². The fourth-order valence-corrected chi connectivity index (χ4v) is 3.88. The van der Waals surface area contributed by atoms with Gasteiger partial charge in [-0.05, 0) is 43.4 Å². The summed E-state index contributed by atoms with van der Waals surface area (Å²) in [7, 11) is 4.46.